The van der Waals surface area contributed by atoms with Crippen molar-refractivity contribution in [1.29, 1.82) is 0 Å². The van der Waals surface area contributed by atoms with Crippen molar-refractivity contribution in [3.8, 4) is 0 Å². The van der Waals surface area contributed by atoms with E-state index in [0.717, 1.165) is 29.8 Å². The maximum Gasteiger partial charge on any atom is 0.269 e. The molecular weight excluding hydrogens is 415 g/mol. The molecule has 11 heteroatoms. The molecule has 0 spiro atoms. The third-order valence-corrected chi connectivity index (χ3v) is 5.60. The summed E-state index contributed by atoms with van der Waals surface area (Å²) in [4.78, 5) is 9.91. The van der Waals surface area contributed by atoms with E-state index in [0.29, 0.717) is 11.6 Å². The molecule has 2 aromatic carbocycles. The van der Waals surface area contributed by atoms with Crippen LogP contribution in [0, 0.1) is 10.1 Å². The van der Waals surface area contributed by atoms with Crippen LogP contribution in [0.15, 0.2) is 59.6 Å². The van der Waals surface area contributed by atoms with Crippen LogP contribution >= 0.6 is 23.2 Å². The Balaban J connectivity index is 1.82. The number of nitro groups is 1. The summed E-state index contributed by atoms with van der Waals surface area (Å²) in [6.45, 7) is 0.304. The molecule has 0 amide bonds. The molecule has 0 saturated carbocycles. The molecule has 0 aliphatic heterocycles. The van der Waals surface area contributed by atoms with Gasteiger partial charge in [-0.3, -0.25) is 19.5 Å². The highest BCUT2D eigenvalue weighted by Crippen LogP contribution is 2.25. The van der Waals surface area contributed by atoms with E-state index in [1.165, 1.54) is 10.9 Å². The highest BCUT2D eigenvalue weighted by atomic mass is 35.5. The van der Waals surface area contributed by atoms with E-state index in [1.54, 1.807) is 12.1 Å². The average Bonchev–Trinajstić information content (AvgIpc) is 2.95. The van der Waals surface area contributed by atoms with Gasteiger partial charge in [-0.1, -0.05) is 41.4 Å². The second kappa shape index (κ2) is 7.55. The Morgan fingerprint density at radius 1 is 1.07 bits per heavy atom. The Morgan fingerprint density at radius 3 is 2.37 bits per heavy atom. The summed E-state index contributed by atoms with van der Waals surface area (Å²) < 4.78 is 28.6. The lowest BCUT2D eigenvalue weighted by Gasteiger charge is -2.06. The zero-order chi connectivity index (χ0) is 19.6. The van der Waals surface area contributed by atoms with Gasteiger partial charge in [0, 0.05) is 23.4 Å². The number of hydrogen-bond acceptors (Lipinski definition) is 5. The first-order chi connectivity index (χ1) is 12.8. The number of rotatable bonds is 6. The van der Waals surface area contributed by atoms with Crippen LogP contribution in [-0.4, -0.2) is 23.1 Å². The standard InChI is InChI=1S/C16H12Cl2N4O4S/c17-14-4-2-1-3-11(14)9-21-10-15(18)16(19-21)20-27(25,26)13-7-5-12(6-8-13)22(23)24/h1-8,10H,9H2,(H,19,20). The van der Waals surface area contributed by atoms with E-state index in [2.05, 4.69) is 9.82 Å². The minimum Gasteiger partial charge on any atom is -0.265 e. The van der Waals surface area contributed by atoms with E-state index in [-0.39, 0.29) is 21.4 Å². The SMILES string of the molecule is O=[N+]([O-])c1ccc(S(=O)(=O)Nc2nn(Cc3ccccc3Cl)cc2Cl)cc1. The molecule has 0 unspecified atom stereocenters. The number of halogens is 2. The number of nitrogens with zero attached hydrogens (tertiary/aromatic N) is 3. The van der Waals surface area contributed by atoms with Crippen molar-refractivity contribution in [2.24, 2.45) is 0 Å². The molecule has 0 saturated heterocycles. The van der Waals surface area contributed by atoms with Gasteiger partial charge in [0.25, 0.3) is 15.7 Å². The zero-order valence-corrected chi connectivity index (χ0v) is 15.9. The predicted molar refractivity (Wildman–Crippen MR) is 102 cm³/mol. The van der Waals surface area contributed by atoms with Crippen molar-refractivity contribution in [3.05, 3.63) is 80.5 Å². The lowest BCUT2D eigenvalue weighted by Crippen LogP contribution is -2.14. The molecule has 1 heterocycles. The highest BCUT2D eigenvalue weighted by Gasteiger charge is 2.19. The molecule has 3 aromatic rings. The van der Waals surface area contributed by atoms with Crippen molar-refractivity contribution in [2.75, 3.05) is 4.72 Å². The number of sulfonamides is 1. The molecule has 8 nitrogen and oxygen atoms in total. The molecule has 0 radical (unpaired) electrons. The Kier molecular flexibility index (Phi) is 5.36. The Hall–Kier alpha value is -2.62. The largest absolute Gasteiger partial charge is 0.269 e. The maximum absolute atomic E-state index is 12.4. The van der Waals surface area contributed by atoms with Crippen LogP contribution < -0.4 is 4.72 Å². The molecule has 0 bridgehead atoms. The summed E-state index contributed by atoms with van der Waals surface area (Å²) in [5.74, 6) is -0.0536. The van der Waals surface area contributed by atoms with Gasteiger partial charge in [-0.15, -0.1) is 0 Å². The normalized spacial score (nSPS) is 11.3. The van der Waals surface area contributed by atoms with Crippen LogP contribution in [0.25, 0.3) is 0 Å². The summed E-state index contributed by atoms with van der Waals surface area (Å²) in [6.07, 6.45) is 1.47. The molecule has 1 N–H and O–H groups in total. The molecule has 3 rings (SSSR count). The summed E-state index contributed by atoms with van der Waals surface area (Å²) in [7, 11) is -4.00. The smallest absolute Gasteiger partial charge is 0.265 e. The second-order valence-electron chi connectivity index (χ2n) is 5.47. The number of anilines is 1. The first kappa shape index (κ1) is 19.2. The summed E-state index contributed by atoms with van der Waals surface area (Å²) in [5, 5.41) is 15.5. The lowest BCUT2D eigenvalue weighted by atomic mass is 10.2. The van der Waals surface area contributed by atoms with Crippen molar-refractivity contribution in [2.45, 2.75) is 11.4 Å². The van der Waals surface area contributed by atoms with Crippen molar-refractivity contribution in [3.63, 3.8) is 0 Å². The predicted octanol–water partition coefficient (Wildman–Crippen LogP) is 3.95. The number of non-ortho nitro benzene ring substituents is 1. The highest BCUT2D eigenvalue weighted by molar-refractivity contribution is 7.92. The van der Waals surface area contributed by atoms with Crippen LogP contribution in [0.4, 0.5) is 11.5 Å². The Labute approximate surface area is 164 Å². The molecular formula is C16H12Cl2N4O4S. The minimum atomic E-state index is -4.00. The summed E-state index contributed by atoms with van der Waals surface area (Å²) in [6, 6.07) is 11.7. The third-order valence-electron chi connectivity index (χ3n) is 3.60. The molecule has 0 atom stereocenters. The number of hydrogen-bond donors (Lipinski definition) is 1. The number of benzene rings is 2. The van der Waals surface area contributed by atoms with E-state index in [9.17, 15) is 18.5 Å². The first-order valence-corrected chi connectivity index (χ1v) is 9.74. The Bertz CT molecular complexity index is 1100. The van der Waals surface area contributed by atoms with Crippen LogP contribution in [-0.2, 0) is 16.6 Å². The Morgan fingerprint density at radius 2 is 1.74 bits per heavy atom. The monoisotopic (exact) mass is 426 g/mol. The van der Waals surface area contributed by atoms with Crippen LogP contribution in [0.2, 0.25) is 10.0 Å². The van der Waals surface area contributed by atoms with Crippen LogP contribution in [0.3, 0.4) is 0 Å². The second-order valence-corrected chi connectivity index (χ2v) is 7.97. The molecule has 27 heavy (non-hydrogen) atoms. The minimum absolute atomic E-state index is 0.0536. The van der Waals surface area contributed by atoms with E-state index >= 15 is 0 Å². The van der Waals surface area contributed by atoms with Gasteiger partial charge in [0.05, 0.1) is 16.4 Å². The van der Waals surface area contributed by atoms with Gasteiger partial charge in [0.1, 0.15) is 5.02 Å². The van der Waals surface area contributed by atoms with Gasteiger partial charge < -0.3 is 0 Å². The lowest BCUT2D eigenvalue weighted by molar-refractivity contribution is -0.384. The third kappa shape index (κ3) is 4.38. The number of nitro benzene ring substituents is 1. The van der Waals surface area contributed by atoms with Gasteiger partial charge in [0.2, 0.25) is 0 Å². The topological polar surface area (TPSA) is 107 Å². The van der Waals surface area contributed by atoms with Crippen LogP contribution in [0.5, 0.6) is 0 Å². The van der Waals surface area contributed by atoms with Crippen molar-refractivity contribution >= 4 is 44.7 Å². The van der Waals surface area contributed by atoms with Crippen LogP contribution in [0.1, 0.15) is 5.56 Å². The van der Waals surface area contributed by atoms with Gasteiger partial charge in [-0.25, -0.2) is 8.42 Å². The van der Waals surface area contributed by atoms with E-state index < -0.39 is 14.9 Å². The fourth-order valence-electron chi connectivity index (χ4n) is 2.28. The first-order valence-electron chi connectivity index (χ1n) is 7.50. The fraction of sp³-hybridized carbons (Fsp3) is 0.0625. The molecule has 0 aliphatic rings. The van der Waals surface area contributed by atoms with Crippen molar-refractivity contribution < 1.29 is 13.3 Å². The fourth-order valence-corrected chi connectivity index (χ4v) is 3.75. The van der Waals surface area contributed by atoms with Crippen molar-refractivity contribution in [1.82, 2.24) is 9.78 Å². The number of nitrogens with one attached hydrogen (secondary N) is 1. The van der Waals surface area contributed by atoms with Gasteiger partial charge in [-0.2, -0.15) is 5.10 Å². The van der Waals surface area contributed by atoms with Gasteiger partial charge in [-0.05, 0) is 23.8 Å². The average molecular weight is 427 g/mol. The van der Waals surface area contributed by atoms with E-state index in [1.807, 2.05) is 12.1 Å². The van der Waals surface area contributed by atoms with Gasteiger partial charge in [0.15, 0.2) is 5.82 Å². The number of aromatic nitrogens is 2. The molecule has 1 aromatic heterocycles. The quantitative estimate of drug-likeness (QED) is 0.474. The van der Waals surface area contributed by atoms with Gasteiger partial charge >= 0.3 is 0 Å². The van der Waals surface area contributed by atoms with E-state index in [4.69, 9.17) is 23.2 Å². The maximum atomic E-state index is 12.4. The molecule has 0 aliphatic carbocycles. The summed E-state index contributed by atoms with van der Waals surface area (Å²) in [5.41, 5.74) is 0.583. The summed E-state index contributed by atoms with van der Waals surface area (Å²) >= 11 is 12.2. The molecule has 0 fully saturated rings. The molecule has 140 valence electrons. The zero-order valence-electron chi connectivity index (χ0n) is 13.5.